The van der Waals surface area contributed by atoms with Gasteiger partial charge >= 0.3 is 0 Å². The molecule has 1 aliphatic rings. The van der Waals surface area contributed by atoms with Gasteiger partial charge in [-0.05, 0) is 74.2 Å². The van der Waals surface area contributed by atoms with Crippen LogP contribution in [0.1, 0.15) is 31.6 Å². The Labute approximate surface area is 213 Å². The largest absolute Gasteiger partial charge is 0.486 e. The molecule has 2 N–H and O–H groups in total. The number of nitrogens with zero attached hydrogens (tertiary/aromatic N) is 2. The van der Waals surface area contributed by atoms with Gasteiger partial charge < -0.3 is 15.2 Å². The van der Waals surface area contributed by atoms with Crippen LogP contribution in [0.25, 0.3) is 11.3 Å². The lowest BCUT2D eigenvalue weighted by Gasteiger charge is -2.44. The van der Waals surface area contributed by atoms with E-state index < -0.39 is 11.7 Å². The first-order valence-electron chi connectivity index (χ1n) is 12.0. The summed E-state index contributed by atoms with van der Waals surface area (Å²) in [5, 5.41) is 14.7. The molecule has 0 aliphatic carbocycles. The summed E-state index contributed by atoms with van der Waals surface area (Å²) in [6.45, 7) is 7.00. The van der Waals surface area contributed by atoms with E-state index in [2.05, 4.69) is 10.3 Å². The number of benzene rings is 2. The van der Waals surface area contributed by atoms with Crippen LogP contribution < -0.4 is 10.1 Å². The highest BCUT2D eigenvalue weighted by atomic mass is 32.1. The Morgan fingerprint density at radius 3 is 2.47 bits per heavy atom. The minimum atomic E-state index is -1.05. The Balaban J connectivity index is 1.41. The highest BCUT2D eigenvalue weighted by Gasteiger charge is 2.44. The molecule has 2 atom stereocenters. The third-order valence-corrected chi connectivity index (χ3v) is 7.15. The molecule has 0 spiro atoms. The molecule has 4 rings (SSSR count). The van der Waals surface area contributed by atoms with Crippen molar-refractivity contribution < 1.29 is 23.4 Å². The predicted molar refractivity (Wildman–Crippen MR) is 137 cm³/mol. The summed E-state index contributed by atoms with van der Waals surface area (Å²) >= 11 is 1.36. The van der Waals surface area contributed by atoms with Gasteiger partial charge in [-0.15, -0.1) is 11.3 Å². The smallest absolute Gasteiger partial charge is 0.240 e. The quantitative estimate of drug-likeness (QED) is 0.428. The fourth-order valence-corrected chi connectivity index (χ4v) is 5.46. The van der Waals surface area contributed by atoms with Gasteiger partial charge in [0.25, 0.3) is 0 Å². The number of thiazole rings is 1. The number of hydrogen-bond acceptors (Lipinski definition) is 6. The summed E-state index contributed by atoms with van der Waals surface area (Å²) in [7, 11) is 0. The monoisotopic (exact) mass is 515 g/mol. The third kappa shape index (κ3) is 6.46. The molecule has 2 aromatic carbocycles. The van der Waals surface area contributed by atoms with Crippen molar-refractivity contribution in [3.8, 4) is 17.0 Å². The highest BCUT2D eigenvalue weighted by Crippen LogP contribution is 2.33. The number of hydrogen-bond donors (Lipinski definition) is 2. The zero-order valence-electron chi connectivity index (χ0n) is 20.6. The van der Waals surface area contributed by atoms with E-state index in [0.29, 0.717) is 42.5 Å². The molecule has 1 fully saturated rings. The van der Waals surface area contributed by atoms with Crippen LogP contribution in [0.3, 0.4) is 0 Å². The summed E-state index contributed by atoms with van der Waals surface area (Å²) in [6.07, 6.45) is 0.442. The standard InChI is InChI=1S/C27H31F2N3O3S/c1-17(2)14-27(34)12-13-32(15-23(27)35-22-10-8-21(29)9-11-22)16-24(33)30-26-31-25(18(3)36-26)19-4-6-20(28)7-5-19/h4-11,17,23,34H,12-16H2,1-3H3,(H,30,31,33)/t23-,27+/m0/s1. The second kappa shape index (κ2) is 11.0. The van der Waals surface area contributed by atoms with Gasteiger partial charge in [-0.1, -0.05) is 13.8 Å². The number of likely N-dealkylation sites (tertiary alicyclic amines) is 1. The Bertz CT molecular complexity index is 1180. The lowest BCUT2D eigenvalue weighted by molar-refractivity contribution is -0.129. The Morgan fingerprint density at radius 1 is 1.19 bits per heavy atom. The van der Waals surface area contributed by atoms with Crippen molar-refractivity contribution in [2.45, 2.75) is 45.3 Å². The lowest BCUT2D eigenvalue weighted by Crippen LogP contribution is -2.59. The predicted octanol–water partition coefficient (Wildman–Crippen LogP) is 5.27. The molecule has 0 radical (unpaired) electrons. The van der Waals surface area contributed by atoms with Crippen molar-refractivity contribution in [3.05, 3.63) is 65.0 Å². The number of aromatic nitrogens is 1. The Kier molecular flexibility index (Phi) is 8.02. The third-order valence-electron chi connectivity index (χ3n) is 6.27. The highest BCUT2D eigenvalue weighted by molar-refractivity contribution is 7.16. The number of anilines is 1. The van der Waals surface area contributed by atoms with E-state index in [1.165, 1.54) is 35.6 Å². The molecule has 1 amide bonds. The van der Waals surface area contributed by atoms with E-state index in [4.69, 9.17) is 4.74 Å². The first kappa shape index (κ1) is 26.2. The average Bonchev–Trinajstić information content (AvgIpc) is 3.17. The number of rotatable bonds is 8. The number of carbonyl (C=O) groups is 1. The summed E-state index contributed by atoms with van der Waals surface area (Å²) in [4.78, 5) is 20.2. The van der Waals surface area contributed by atoms with Crippen molar-refractivity contribution in [2.75, 3.05) is 25.0 Å². The number of ether oxygens (including phenoxy) is 1. The second-order valence-electron chi connectivity index (χ2n) is 9.73. The molecular formula is C27H31F2N3O3S. The molecular weight excluding hydrogens is 484 g/mol. The first-order valence-corrected chi connectivity index (χ1v) is 12.8. The van der Waals surface area contributed by atoms with E-state index in [1.807, 2.05) is 25.7 Å². The molecule has 1 saturated heterocycles. The fourth-order valence-electron chi connectivity index (χ4n) is 4.60. The summed E-state index contributed by atoms with van der Waals surface area (Å²) in [5.41, 5.74) is 0.443. The normalized spacial score (nSPS) is 20.5. The minimum Gasteiger partial charge on any atom is -0.486 e. The average molecular weight is 516 g/mol. The maximum Gasteiger partial charge on any atom is 0.240 e. The number of aryl methyl sites for hydroxylation is 1. The van der Waals surface area contributed by atoms with Gasteiger partial charge in [-0.2, -0.15) is 0 Å². The van der Waals surface area contributed by atoms with Gasteiger partial charge in [0.15, 0.2) is 5.13 Å². The maximum absolute atomic E-state index is 13.3. The van der Waals surface area contributed by atoms with Crippen LogP contribution in [-0.2, 0) is 4.79 Å². The number of nitrogens with one attached hydrogen (secondary N) is 1. The topological polar surface area (TPSA) is 74.7 Å². The van der Waals surface area contributed by atoms with Crippen LogP contribution in [0.2, 0.25) is 0 Å². The van der Waals surface area contributed by atoms with Crippen LogP contribution in [0.15, 0.2) is 48.5 Å². The maximum atomic E-state index is 13.3. The molecule has 0 unspecified atom stereocenters. The van der Waals surface area contributed by atoms with E-state index in [-0.39, 0.29) is 30.0 Å². The van der Waals surface area contributed by atoms with Crippen molar-refractivity contribution in [1.29, 1.82) is 0 Å². The molecule has 2 heterocycles. The first-order chi connectivity index (χ1) is 17.1. The molecule has 6 nitrogen and oxygen atoms in total. The molecule has 192 valence electrons. The van der Waals surface area contributed by atoms with Crippen LogP contribution in [-0.4, -0.2) is 52.2 Å². The second-order valence-corrected chi connectivity index (χ2v) is 10.9. The number of amides is 1. The van der Waals surface area contributed by atoms with Crippen molar-refractivity contribution in [1.82, 2.24) is 9.88 Å². The van der Waals surface area contributed by atoms with Crippen LogP contribution in [0.5, 0.6) is 5.75 Å². The zero-order chi connectivity index (χ0) is 25.9. The molecule has 1 aliphatic heterocycles. The van der Waals surface area contributed by atoms with Crippen LogP contribution in [0, 0.1) is 24.5 Å². The van der Waals surface area contributed by atoms with Crippen molar-refractivity contribution >= 4 is 22.4 Å². The van der Waals surface area contributed by atoms with Gasteiger partial charge in [-0.25, -0.2) is 13.8 Å². The van der Waals surface area contributed by atoms with E-state index in [9.17, 15) is 18.7 Å². The number of halogens is 2. The van der Waals surface area contributed by atoms with Crippen molar-refractivity contribution in [3.63, 3.8) is 0 Å². The van der Waals surface area contributed by atoms with Crippen LogP contribution >= 0.6 is 11.3 Å². The molecule has 9 heteroatoms. The zero-order valence-corrected chi connectivity index (χ0v) is 21.4. The van der Waals surface area contributed by atoms with Gasteiger partial charge in [0.2, 0.25) is 5.91 Å². The van der Waals surface area contributed by atoms with E-state index in [1.54, 1.807) is 24.3 Å². The van der Waals surface area contributed by atoms with Crippen molar-refractivity contribution in [2.24, 2.45) is 5.92 Å². The van der Waals surface area contributed by atoms with E-state index >= 15 is 0 Å². The molecule has 36 heavy (non-hydrogen) atoms. The summed E-state index contributed by atoms with van der Waals surface area (Å²) in [5.74, 6) is -0.163. The molecule has 3 aromatic rings. The summed E-state index contributed by atoms with van der Waals surface area (Å²) in [6, 6.07) is 11.8. The Hall–Kier alpha value is -2.88. The molecule has 0 saturated carbocycles. The SMILES string of the molecule is Cc1sc(NC(=O)CN2CC[C@@](O)(CC(C)C)[C@@H](Oc3ccc(F)cc3)C2)nc1-c1ccc(F)cc1. The number of piperidine rings is 1. The number of aliphatic hydroxyl groups is 1. The fraction of sp³-hybridized carbons (Fsp3) is 0.407. The van der Waals surface area contributed by atoms with Gasteiger partial charge in [0, 0.05) is 23.5 Å². The van der Waals surface area contributed by atoms with Gasteiger partial charge in [-0.3, -0.25) is 9.69 Å². The van der Waals surface area contributed by atoms with Crippen LogP contribution in [0.4, 0.5) is 13.9 Å². The lowest BCUT2D eigenvalue weighted by atomic mass is 9.81. The minimum absolute atomic E-state index is 0.117. The summed E-state index contributed by atoms with van der Waals surface area (Å²) < 4.78 is 32.7. The van der Waals surface area contributed by atoms with E-state index in [0.717, 1.165) is 10.4 Å². The Morgan fingerprint density at radius 2 is 1.83 bits per heavy atom. The molecule has 0 bridgehead atoms. The van der Waals surface area contributed by atoms with Gasteiger partial charge in [0.1, 0.15) is 29.1 Å². The van der Waals surface area contributed by atoms with Gasteiger partial charge in [0.05, 0.1) is 12.2 Å². The number of carbonyl (C=O) groups excluding carboxylic acids is 1. The molecule has 1 aromatic heterocycles.